The van der Waals surface area contributed by atoms with E-state index < -0.39 is 23.6 Å². The van der Waals surface area contributed by atoms with E-state index in [1.54, 1.807) is 6.07 Å². The molecule has 0 spiro atoms. The van der Waals surface area contributed by atoms with Gasteiger partial charge in [-0.1, -0.05) is 48.5 Å². The summed E-state index contributed by atoms with van der Waals surface area (Å²) < 4.78 is 47.4. The Hall–Kier alpha value is -3.81. The minimum absolute atomic E-state index is 0.0760. The highest BCUT2D eigenvalue weighted by Crippen LogP contribution is 2.48. The number of carboxylic acid groups (broad SMARTS) is 1. The lowest BCUT2D eigenvalue weighted by Gasteiger charge is -2.31. The van der Waals surface area contributed by atoms with Gasteiger partial charge in [-0.3, -0.25) is 0 Å². The summed E-state index contributed by atoms with van der Waals surface area (Å²) >= 11 is 0. The van der Waals surface area contributed by atoms with Crippen molar-refractivity contribution in [2.24, 2.45) is 0 Å². The van der Waals surface area contributed by atoms with Crippen LogP contribution < -0.4 is 10.1 Å². The molecule has 0 fully saturated rings. The van der Waals surface area contributed by atoms with Crippen molar-refractivity contribution < 1.29 is 27.8 Å². The van der Waals surface area contributed by atoms with Crippen molar-refractivity contribution in [3.8, 4) is 5.88 Å². The largest absolute Gasteiger partial charge is 0.478 e. The highest BCUT2D eigenvalue weighted by atomic mass is 19.4. The first-order valence-electron chi connectivity index (χ1n) is 9.80. The van der Waals surface area contributed by atoms with E-state index in [1.165, 1.54) is 31.3 Å². The molecule has 4 rings (SSSR count). The molecule has 2 aromatic carbocycles. The van der Waals surface area contributed by atoms with E-state index in [0.717, 1.165) is 11.6 Å². The Morgan fingerprint density at radius 2 is 1.78 bits per heavy atom. The maximum Gasteiger partial charge on any atom is 0.416 e. The van der Waals surface area contributed by atoms with Gasteiger partial charge in [-0.15, -0.1) is 0 Å². The van der Waals surface area contributed by atoms with Crippen LogP contribution in [0, 0.1) is 0 Å². The van der Waals surface area contributed by atoms with Crippen LogP contribution in [0.15, 0.2) is 78.1 Å². The third-order valence-electron chi connectivity index (χ3n) is 5.28. The minimum atomic E-state index is -4.66. The number of rotatable bonds is 5. The number of allylic oxidation sites excluding steroid dienone is 1. The van der Waals surface area contributed by atoms with E-state index in [1.807, 2.05) is 30.3 Å². The Kier molecular flexibility index (Phi) is 5.61. The molecule has 164 valence electrons. The van der Waals surface area contributed by atoms with Crippen molar-refractivity contribution in [1.82, 2.24) is 4.98 Å². The number of nitrogens with one attached hydrogen (secondary N) is 1. The summed E-state index contributed by atoms with van der Waals surface area (Å²) in [6, 6.07) is 15.8. The smallest absolute Gasteiger partial charge is 0.416 e. The molecule has 0 saturated carbocycles. The summed E-state index contributed by atoms with van der Waals surface area (Å²) in [5.41, 5.74) is 0.544. The van der Waals surface area contributed by atoms with E-state index in [0.29, 0.717) is 5.69 Å². The summed E-state index contributed by atoms with van der Waals surface area (Å²) in [6.07, 6.45) is -3.19. The summed E-state index contributed by atoms with van der Waals surface area (Å²) in [4.78, 5) is 16.4. The number of nitrogens with zero attached hydrogens (tertiary/aromatic N) is 1. The zero-order valence-electron chi connectivity index (χ0n) is 17.0. The fourth-order valence-electron chi connectivity index (χ4n) is 3.91. The monoisotopic (exact) mass is 440 g/mol. The molecule has 1 aliphatic rings. The number of pyridine rings is 1. The van der Waals surface area contributed by atoms with E-state index in [4.69, 9.17) is 4.74 Å². The van der Waals surface area contributed by atoms with E-state index in [-0.39, 0.29) is 34.9 Å². The molecule has 1 atom stereocenters. The molecule has 0 aliphatic carbocycles. The van der Waals surface area contributed by atoms with Crippen LogP contribution >= 0.6 is 0 Å². The second-order valence-corrected chi connectivity index (χ2v) is 7.34. The second kappa shape index (κ2) is 8.37. The first kappa shape index (κ1) is 21.4. The molecular weight excluding hydrogens is 421 g/mol. The highest BCUT2D eigenvalue weighted by molar-refractivity contribution is 5.93. The molecule has 5 nitrogen and oxygen atoms in total. The van der Waals surface area contributed by atoms with Gasteiger partial charge >= 0.3 is 12.1 Å². The van der Waals surface area contributed by atoms with Crippen molar-refractivity contribution >= 4 is 11.7 Å². The van der Waals surface area contributed by atoms with Gasteiger partial charge in [0.1, 0.15) is 6.61 Å². The fourth-order valence-corrected chi connectivity index (χ4v) is 3.91. The Labute approximate surface area is 182 Å². The molecule has 32 heavy (non-hydrogen) atoms. The molecule has 0 bridgehead atoms. The third-order valence-corrected chi connectivity index (χ3v) is 5.28. The number of aromatic nitrogens is 1. The molecule has 2 heterocycles. The molecule has 1 aliphatic heterocycles. The number of hydrogen-bond acceptors (Lipinski definition) is 4. The Morgan fingerprint density at radius 3 is 2.47 bits per heavy atom. The van der Waals surface area contributed by atoms with Crippen LogP contribution in [0.1, 0.15) is 35.1 Å². The maximum atomic E-state index is 13.8. The van der Waals surface area contributed by atoms with Crippen LogP contribution in [-0.2, 0) is 17.6 Å². The first-order valence-corrected chi connectivity index (χ1v) is 9.80. The molecule has 1 unspecified atom stereocenters. The van der Waals surface area contributed by atoms with Gasteiger partial charge in [0.2, 0.25) is 5.88 Å². The Balaban J connectivity index is 1.89. The zero-order valence-corrected chi connectivity index (χ0v) is 17.0. The summed E-state index contributed by atoms with van der Waals surface area (Å²) in [5, 5.41) is 12.9. The Bertz CT molecular complexity index is 1190. The lowest BCUT2D eigenvalue weighted by atomic mass is 9.79. The molecule has 1 aromatic heterocycles. The van der Waals surface area contributed by atoms with Crippen LogP contribution in [-0.4, -0.2) is 16.1 Å². The van der Waals surface area contributed by atoms with E-state index in [9.17, 15) is 23.1 Å². The van der Waals surface area contributed by atoms with Gasteiger partial charge in [-0.05, 0) is 30.2 Å². The number of fused-ring (bicyclic) bond motifs is 1. The van der Waals surface area contributed by atoms with E-state index >= 15 is 0 Å². The molecule has 2 N–H and O–H groups in total. The maximum absolute atomic E-state index is 13.8. The lowest BCUT2D eigenvalue weighted by molar-refractivity contribution is -0.139. The summed E-state index contributed by atoms with van der Waals surface area (Å²) in [6.45, 7) is 1.66. The average Bonchev–Trinajstić information content (AvgIpc) is 2.76. The number of halogens is 3. The van der Waals surface area contributed by atoms with Gasteiger partial charge in [-0.2, -0.15) is 13.2 Å². The predicted molar refractivity (Wildman–Crippen MR) is 112 cm³/mol. The van der Waals surface area contributed by atoms with Crippen LogP contribution in [0.3, 0.4) is 0 Å². The van der Waals surface area contributed by atoms with Crippen molar-refractivity contribution in [1.29, 1.82) is 0 Å². The number of carbonyl (C=O) groups is 1. The van der Waals surface area contributed by atoms with E-state index in [2.05, 4.69) is 10.3 Å². The molecular formula is C24H19F3N2O3. The van der Waals surface area contributed by atoms with Gasteiger partial charge < -0.3 is 15.2 Å². The standard InChI is InChI=1S/C24H19F3N2O3/c1-14-19(23(30)31)20(16-9-5-6-10-17(16)24(25,26)27)21-18(29-14)11-12-28-22(21)32-13-15-7-3-2-4-8-15/h2-12,20,29H,13H2,1H3,(H,30,31). The number of hydrogen-bond donors (Lipinski definition) is 2. The molecule has 8 heteroatoms. The molecule has 3 aromatic rings. The summed E-state index contributed by atoms with van der Waals surface area (Å²) in [7, 11) is 0. The molecule has 0 saturated heterocycles. The third kappa shape index (κ3) is 4.03. The normalized spacial score (nSPS) is 15.7. The summed E-state index contributed by atoms with van der Waals surface area (Å²) in [5.74, 6) is -2.46. The van der Waals surface area contributed by atoms with Gasteiger partial charge in [0.15, 0.2) is 0 Å². The van der Waals surface area contributed by atoms with Gasteiger partial charge in [-0.25, -0.2) is 9.78 Å². The van der Waals surface area contributed by atoms with Crippen LogP contribution in [0.25, 0.3) is 0 Å². The highest BCUT2D eigenvalue weighted by Gasteiger charge is 2.41. The van der Waals surface area contributed by atoms with Gasteiger partial charge in [0, 0.05) is 23.1 Å². The SMILES string of the molecule is CC1=C(C(=O)O)C(c2ccccc2C(F)(F)F)c2c(ccnc2OCc2ccccc2)N1. The minimum Gasteiger partial charge on any atom is -0.478 e. The van der Waals surface area contributed by atoms with Crippen molar-refractivity contribution in [3.63, 3.8) is 0 Å². The average molecular weight is 440 g/mol. The quantitative estimate of drug-likeness (QED) is 0.541. The van der Waals surface area contributed by atoms with Crippen molar-refractivity contribution in [3.05, 3.63) is 100 Å². The predicted octanol–water partition coefficient (Wildman–Crippen LogP) is 5.60. The number of alkyl halides is 3. The van der Waals surface area contributed by atoms with Crippen molar-refractivity contribution in [2.45, 2.75) is 25.6 Å². The van der Waals surface area contributed by atoms with Crippen LogP contribution in [0.5, 0.6) is 5.88 Å². The van der Waals surface area contributed by atoms with Gasteiger partial charge in [0.05, 0.1) is 17.1 Å². The fraction of sp³-hybridized carbons (Fsp3) is 0.167. The number of benzene rings is 2. The molecule has 0 amide bonds. The first-order chi connectivity index (χ1) is 15.3. The lowest BCUT2D eigenvalue weighted by Crippen LogP contribution is -2.25. The topological polar surface area (TPSA) is 71.5 Å². The zero-order chi connectivity index (χ0) is 22.9. The van der Waals surface area contributed by atoms with Crippen molar-refractivity contribution in [2.75, 3.05) is 5.32 Å². The number of aliphatic carboxylic acids is 1. The number of anilines is 1. The van der Waals surface area contributed by atoms with Crippen LogP contribution in [0.4, 0.5) is 18.9 Å². The number of carboxylic acids is 1. The molecule has 0 radical (unpaired) electrons. The Morgan fingerprint density at radius 1 is 1.09 bits per heavy atom. The number of ether oxygens (including phenoxy) is 1. The van der Waals surface area contributed by atoms with Gasteiger partial charge in [0.25, 0.3) is 0 Å². The second-order valence-electron chi connectivity index (χ2n) is 7.34. The van der Waals surface area contributed by atoms with Crippen LogP contribution in [0.2, 0.25) is 0 Å².